The topological polar surface area (TPSA) is 55.6 Å². The monoisotopic (exact) mass is 360 g/mol. The van der Waals surface area contributed by atoms with Crippen LogP contribution >= 0.6 is 11.6 Å². The van der Waals surface area contributed by atoms with Crippen molar-refractivity contribution in [3.8, 4) is 0 Å². The molecule has 1 atom stereocenters. The molecule has 0 N–H and O–H groups in total. The summed E-state index contributed by atoms with van der Waals surface area (Å²) >= 11 is 6.24. The number of carbonyl (C=O) groups is 1. The van der Waals surface area contributed by atoms with Crippen LogP contribution in [0.5, 0.6) is 0 Å². The maximum atomic E-state index is 11.9. The van der Waals surface area contributed by atoms with Crippen LogP contribution in [0.4, 0.5) is 5.69 Å². The van der Waals surface area contributed by atoms with Crippen LogP contribution in [-0.2, 0) is 4.74 Å². The van der Waals surface area contributed by atoms with Gasteiger partial charge in [0, 0.05) is 23.3 Å². The van der Waals surface area contributed by atoms with Gasteiger partial charge in [0.15, 0.2) is 5.69 Å². The Morgan fingerprint density at radius 2 is 2.20 bits per heavy atom. The van der Waals surface area contributed by atoms with Gasteiger partial charge in [-0.15, -0.1) is 0 Å². The highest BCUT2D eigenvalue weighted by atomic mass is 35.5. The number of fused-ring (bicyclic) bond motifs is 1. The van der Waals surface area contributed by atoms with E-state index in [-0.39, 0.29) is 11.6 Å². The maximum Gasteiger partial charge on any atom is 0.360 e. The molecule has 2 aliphatic rings. The van der Waals surface area contributed by atoms with Crippen LogP contribution in [0.25, 0.3) is 0 Å². The third kappa shape index (κ3) is 3.01. The van der Waals surface area contributed by atoms with E-state index in [4.69, 9.17) is 20.8 Å². The molecule has 1 aromatic carbocycles. The largest absolute Gasteiger partial charge is 0.461 e. The van der Waals surface area contributed by atoms with Crippen LogP contribution in [0.1, 0.15) is 60.5 Å². The first-order chi connectivity index (χ1) is 12.2. The second-order valence-corrected chi connectivity index (χ2v) is 7.07. The number of aromatic nitrogens is 1. The Balaban J connectivity index is 1.66. The van der Waals surface area contributed by atoms with E-state index >= 15 is 0 Å². The summed E-state index contributed by atoms with van der Waals surface area (Å²) in [4.78, 5) is 18.7. The Hall–Kier alpha value is -2.01. The highest BCUT2D eigenvalue weighted by Gasteiger charge is 2.37. The molecule has 1 unspecified atom stereocenters. The molecule has 5 nitrogen and oxygen atoms in total. The average Bonchev–Trinajstić information content (AvgIpc) is 3.33. The van der Waals surface area contributed by atoms with E-state index in [1.54, 1.807) is 6.92 Å². The minimum Gasteiger partial charge on any atom is -0.461 e. The summed E-state index contributed by atoms with van der Waals surface area (Å²) in [6, 6.07) is 6.57. The van der Waals surface area contributed by atoms with Gasteiger partial charge >= 0.3 is 5.97 Å². The van der Waals surface area contributed by atoms with E-state index in [1.165, 1.54) is 37.6 Å². The van der Waals surface area contributed by atoms with E-state index in [0.717, 1.165) is 12.1 Å². The number of carbonyl (C=O) groups excluding carboxylic acids is 1. The minimum absolute atomic E-state index is 0.0162. The number of nitrogens with zero attached hydrogens (tertiary/aromatic N) is 2. The lowest BCUT2D eigenvalue weighted by atomic mass is 10.0. The predicted molar refractivity (Wildman–Crippen MR) is 95.4 cm³/mol. The van der Waals surface area contributed by atoms with Crippen LogP contribution in [0.2, 0.25) is 5.02 Å². The number of hydrogen-bond donors (Lipinski definition) is 0. The van der Waals surface area contributed by atoms with Crippen molar-refractivity contribution in [1.82, 2.24) is 4.98 Å². The molecular formula is C19H21ClN2O3. The number of hydrogen-bond acceptors (Lipinski definition) is 5. The summed E-state index contributed by atoms with van der Waals surface area (Å²) in [5, 5.41) is 0.703. The van der Waals surface area contributed by atoms with Crippen molar-refractivity contribution in [3.63, 3.8) is 0 Å². The second kappa shape index (κ2) is 6.71. The van der Waals surface area contributed by atoms with Gasteiger partial charge in [-0.25, -0.2) is 9.78 Å². The van der Waals surface area contributed by atoms with Crippen LogP contribution in [-0.4, -0.2) is 30.1 Å². The number of anilines is 1. The summed E-state index contributed by atoms with van der Waals surface area (Å²) in [6.07, 6.45) is 6.38. The number of ether oxygens (including phenoxy) is 1. The van der Waals surface area contributed by atoms with Crippen LogP contribution in [0.15, 0.2) is 28.9 Å². The molecule has 1 saturated carbocycles. The summed E-state index contributed by atoms with van der Waals surface area (Å²) in [7, 11) is 0. The van der Waals surface area contributed by atoms with Gasteiger partial charge in [0.25, 0.3) is 0 Å². The van der Waals surface area contributed by atoms with Gasteiger partial charge in [-0.05, 0) is 43.5 Å². The molecule has 1 aliphatic heterocycles. The van der Waals surface area contributed by atoms with Gasteiger partial charge < -0.3 is 14.1 Å². The van der Waals surface area contributed by atoms with Crippen molar-refractivity contribution >= 4 is 23.3 Å². The molecule has 2 heterocycles. The molecule has 0 bridgehead atoms. The molecule has 6 heteroatoms. The third-order valence-electron chi connectivity index (χ3n) is 5.12. The summed E-state index contributed by atoms with van der Waals surface area (Å²) in [5.74, 6) is 0.0824. The molecule has 2 aromatic rings. The fourth-order valence-electron chi connectivity index (χ4n) is 3.98. The fraction of sp³-hybridized carbons (Fsp3) is 0.474. The predicted octanol–water partition coefficient (Wildman–Crippen LogP) is 4.40. The number of esters is 1. The highest BCUT2D eigenvalue weighted by Crippen LogP contribution is 2.44. The van der Waals surface area contributed by atoms with Crippen molar-refractivity contribution in [2.45, 2.75) is 44.6 Å². The maximum absolute atomic E-state index is 11.9. The van der Waals surface area contributed by atoms with E-state index < -0.39 is 5.97 Å². The first-order valence-corrected chi connectivity index (χ1v) is 9.23. The smallest absolute Gasteiger partial charge is 0.360 e. The zero-order chi connectivity index (χ0) is 17.4. The van der Waals surface area contributed by atoms with E-state index in [2.05, 4.69) is 16.0 Å². The van der Waals surface area contributed by atoms with E-state index in [9.17, 15) is 4.79 Å². The first kappa shape index (κ1) is 16.5. The third-order valence-corrected chi connectivity index (χ3v) is 5.36. The first-order valence-electron chi connectivity index (χ1n) is 8.86. The lowest BCUT2D eigenvalue weighted by Crippen LogP contribution is -2.32. The lowest BCUT2D eigenvalue weighted by molar-refractivity contribution is 0.0519. The number of oxazole rings is 1. The molecule has 1 fully saturated rings. The van der Waals surface area contributed by atoms with Gasteiger partial charge in [0.05, 0.1) is 12.5 Å². The lowest BCUT2D eigenvalue weighted by Gasteiger charge is -2.27. The standard InChI is InChI=1S/C19H21ClN2O3/c1-2-24-19(23)16-11-25-18(21-16)15-10-22(13-5-3-4-6-13)17-8-7-12(20)9-14(15)17/h7-9,11,13,15H,2-6,10H2,1H3. The van der Waals surface area contributed by atoms with Gasteiger partial charge in [0.2, 0.25) is 5.89 Å². The summed E-state index contributed by atoms with van der Waals surface area (Å²) in [5.41, 5.74) is 2.55. The van der Waals surface area contributed by atoms with Crippen molar-refractivity contribution in [2.24, 2.45) is 0 Å². The van der Waals surface area contributed by atoms with E-state index in [0.29, 0.717) is 23.6 Å². The minimum atomic E-state index is -0.450. The van der Waals surface area contributed by atoms with Crippen molar-refractivity contribution < 1.29 is 13.9 Å². The van der Waals surface area contributed by atoms with Gasteiger partial charge in [0.1, 0.15) is 6.26 Å². The normalized spacial score (nSPS) is 20.1. The molecule has 1 aliphatic carbocycles. The zero-order valence-electron chi connectivity index (χ0n) is 14.2. The Labute approximate surface area is 151 Å². The van der Waals surface area contributed by atoms with Gasteiger partial charge in [-0.1, -0.05) is 24.4 Å². The van der Waals surface area contributed by atoms with E-state index in [1.807, 2.05) is 12.1 Å². The number of benzene rings is 1. The molecule has 132 valence electrons. The molecule has 0 amide bonds. The molecule has 1 aromatic heterocycles. The molecule has 0 spiro atoms. The van der Waals surface area contributed by atoms with Crippen molar-refractivity contribution in [3.05, 3.63) is 46.6 Å². The number of halogens is 1. The fourth-order valence-corrected chi connectivity index (χ4v) is 4.16. The van der Waals surface area contributed by atoms with Crippen LogP contribution < -0.4 is 4.90 Å². The number of rotatable bonds is 4. The summed E-state index contributed by atoms with van der Waals surface area (Å²) < 4.78 is 10.6. The molecule has 4 rings (SSSR count). The Bertz CT molecular complexity index is 783. The Morgan fingerprint density at radius 1 is 1.40 bits per heavy atom. The Kier molecular flexibility index (Phi) is 4.42. The SMILES string of the molecule is CCOC(=O)c1coc(C2CN(C3CCCC3)c3ccc(Cl)cc32)n1. The average molecular weight is 361 g/mol. The van der Waals surface area contributed by atoms with Crippen molar-refractivity contribution in [2.75, 3.05) is 18.1 Å². The highest BCUT2D eigenvalue weighted by molar-refractivity contribution is 6.30. The van der Waals surface area contributed by atoms with Crippen molar-refractivity contribution in [1.29, 1.82) is 0 Å². The molecular weight excluding hydrogens is 340 g/mol. The zero-order valence-corrected chi connectivity index (χ0v) is 15.0. The molecule has 0 saturated heterocycles. The Morgan fingerprint density at radius 3 is 2.96 bits per heavy atom. The van der Waals surface area contributed by atoms with Gasteiger partial charge in [-0.2, -0.15) is 0 Å². The van der Waals surface area contributed by atoms with Crippen LogP contribution in [0.3, 0.4) is 0 Å². The van der Waals surface area contributed by atoms with Crippen LogP contribution in [0, 0.1) is 0 Å². The molecule has 25 heavy (non-hydrogen) atoms. The van der Waals surface area contributed by atoms with Gasteiger partial charge in [-0.3, -0.25) is 0 Å². The quantitative estimate of drug-likeness (QED) is 0.756. The second-order valence-electron chi connectivity index (χ2n) is 6.64. The summed E-state index contributed by atoms with van der Waals surface area (Å²) in [6.45, 7) is 2.90. The molecule has 0 radical (unpaired) electrons.